The lowest BCUT2D eigenvalue weighted by atomic mass is 10.1. The van der Waals surface area contributed by atoms with Gasteiger partial charge in [0.1, 0.15) is 11.6 Å². The van der Waals surface area contributed by atoms with Gasteiger partial charge in [-0.2, -0.15) is 0 Å². The van der Waals surface area contributed by atoms with Crippen LogP contribution in [-0.2, 0) is 9.53 Å². The van der Waals surface area contributed by atoms with Gasteiger partial charge in [0.2, 0.25) is 6.10 Å². The Hall–Kier alpha value is -4.33. The van der Waals surface area contributed by atoms with Crippen LogP contribution >= 0.6 is 0 Å². The Morgan fingerprint density at radius 3 is 2.48 bits per heavy atom. The maximum absolute atomic E-state index is 13.2. The van der Waals surface area contributed by atoms with Crippen LogP contribution in [0.2, 0.25) is 0 Å². The molecule has 0 bridgehead atoms. The quantitative estimate of drug-likeness (QED) is 0.436. The standard InChI is InChI=1S/C25H20FN3O4/c1-32-25(31)23(33-17-11-9-16(26)10-12-17)15-28-24(30)19-14-22(21-8-4-5-13-27-21)29-20-7-3-2-6-18(19)20/h2-14,23H,15H2,1H3,(H,28,30). The Kier molecular flexibility index (Phi) is 6.54. The molecule has 33 heavy (non-hydrogen) atoms. The Morgan fingerprint density at radius 2 is 1.76 bits per heavy atom. The molecule has 166 valence electrons. The minimum atomic E-state index is -1.12. The first-order valence-electron chi connectivity index (χ1n) is 10.1. The van der Waals surface area contributed by atoms with E-state index >= 15 is 0 Å². The Balaban J connectivity index is 1.59. The van der Waals surface area contributed by atoms with Crippen molar-refractivity contribution in [3.8, 4) is 17.1 Å². The molecule has 0 aliphatic rings. The second kappa shape index (κ2) is 9.86. The van der Waals surface area contributed by atoms with E-state index in [-0.39, 0.29) is 12.3 Å². The van der Waals surface area contributed by atoms with Crippen LogP contribution in [0.1, 0.15) is 10.4 Å². The minimum absolute atomic E-state index is 0.154. The van der Waals surface area contributed by atoms with E-state index in [1.165, 1.54) is 31.4 Å². The Labute approximate surface area is 189 Å². The lowest BCUT2D eigenvalue weighted by molar-refractivity contribution is -0.148. The molecule has 4 rings (SSSR count). The number of pyridine rings is 2. The number of hydrogen-bond donors (Lipinski definition) is 1. The van der Waals surface area contributed by atoms with Crippen molar-refractivity contribution in [1.82, 2.24) is 15.3 Å². The molecule has 1 N–H and O–H groups in total. The summed E-state index contributed by atoms with van der Waals surface area (Å²) in [5, 5.41) is 3.39. The molecule has 0 spiro atoms. The molecule has 1 atom stereocenters. The van der Waals surface area contributed by atoms with Crippen LogP contribution in [0.25, 0.3) is 22.3 Å². The summed E-state index contributed by atoms with van der Waals surface area (Å²) in [5.74, 6) is -1.25. The van der Waals surface area contributed by atoms with E-state index in [9.17, 15) is 14.0 Å². The highest BCUT2D eigenvalue weighted by atomic mass is 19.1. The summed E-state index contributed by atoms with van der Waals surface area (Å²) in [6.45, 7) is -0.154. The fraction of sp³-hybridized carbons (Fsp3) is 0.120. The van der Waals surface area contributed by atoms with E-state index in [0.29, 0.717) is 27.9 Å². The first-order chi connectivity index (χ1) is 16.0. The van der Waals surface area contributed by atoms with Gasteiger partial charge in [-0.15, -0.1) is 0 Å². The van der Waals surface area contributed by atoms with Crippen molar-refractivity contribution in [2.75, 3.05) is 13.7 Å². The molecule has 0 aliphatic carbocycles. The summed E-state index contributed by atoms with van der Waals surface area (Å²) >= 11 is 0. The van der Waals surface area contributed by atoms with Gasteiger partial charge in [0.25, 0.3) is 5.91 Å². The van der Waals surface area contributed by atoms with Crippen molar-refractivity contribution in [2.45, 2.75) is 6.10 Å². The molecule has 0 aliphatic heterocycles. The summed E-state index contributed by atoms with van der Waals surface area (Å²) in [6.07, 6.45) is 0.535. The van der Waals surface area contributed by atoms with Gasteiger partial charge in [-0.1, -0.05) is 24.3 Å². The summed E-state index contributed by atoms with van der Waals surface area (Å²) in [4.78, 5) is 34.3. The van der Waals surface area contributed by atoms with Gasteiger partial charge >= 0.3 is 5.97 Å². The molecular formula is C25H20FN3O4. The second-order valence-corrected chi connectivity index (χ2v) is 7.08. The molecule has 2 aromatic carbocycles. The largest absolute Gasteiger partial charge is 0.477 e. The molecule has 0 saturated heterocycles. The normalized spacial score (nSPS) is 11.6. The number of carbonyl (C=O) groups excluding carboxylic acids is 2. The number of methoxy groups -OCH3 is 1. The van der Waals surface area contributed by atoms with Crippen molar-refractivity contribution in [3.63, 3.8) is 0 Å². The monoisotopic (exact) mass is 445 g/mol. The van der Waals surface area contributed by atoms with E-state index in [1.54, 1.807) is 24.4 Å². The number of ether oxygens (including phenoxy) is 2. The van der Waals surface area contributed by atoms with Crippen LogP contribution in [0.15, 0.2) is 79.0 Å². The number of nitrogens with zero attached hydrogens (tertiary/aromatic N) is 2. The van der Waals surface area contributed by atoms with Crippen LogP contribution in [0.5, 0.6) is 5.75 Å². The van der Waals surface area contributed by atoms with Crippen LogP contribution in [0.4, 0.5) is 4.39 Å². The average Bonchev–Trinajstić information content (AvgIpc) is 2.86. The Bertz CT molecular complexity index is 1280. The molecule has 1 amide bonds. The zero-order valence-electron chi connectivity index (χ0n) is 17.7. The van der Waals surface area contributed by atoms with Crippen molar-refractivity contribution in [1.29, 1.82) is 0 Å². The summed E-state index contributed by atoms with van der Waals surface area (Å²) in [7, 11) is 1.22. The predicted octanol–water partition coefficient (Wildman–Crippen LogP) is 3.79. The smallest absolute Gasteiger partial charge is 0.348 e. The lowest BCUT2D eigenvalue weighted by Gasteiger charge is -2.18. The zero-order chi connectivity index (χ0) is 23.2. The van der Waals surface area contributed by atoms with E-state index in [1.807, 2.05) is 30.3 Å². The van der Waals surface area contributed by atoms with Crippen molar-refractivity contribution >= 4 is 22.8 Å². The highest BCUT2D eigenvalue weighted by molar-refractivity contribution is 6.07. The zero-order valence-corrected chi connectivity index (χ0v) is 17.7. The molecule has 0 saturated carbocycles. The molecule has 1 unspecified atom stereocenters. The number of benzene rings is 2. The molecule has 2 aromatic heterocycles. The van der Waals surface area contributed by atoms with Crippen molar-refractivity contribution < 1.29 is 23.5 Å². The van der Waals surface area contributed by atoms with Gasteiger partial charge in [0.15, 0.2) is 0 Å². The van der Waals surface area contributed by atoms with Gasteiger partial charge in [-0.3, -0.25) is 9.78 Å². The van der Waals surface area contributed by atoms with Crippen molar-refractivity contribution in [3.05, 3.63) is 90.4 Å². The molecular weight excluding hydrogens is 425 g/mol. The fourth-order valence-corrected chi connectivity index (χ4v) is 3.27. The van der Waals surface area contributed by atoms with Crippen LogP contribution in [-0.4, -0.2) is 41.6 Å². The number of carbonyl (C=O) groups is 2. The van der Waals surface area contributed by atoms with Gasteiger partial charge in [0, 0.05) is 11.6 Å². The molecule has 4 aromatic rings. The van der Waals surface area contributed by atoms with E-state index in [0.717, 1.165) is 0 Å². The molecule has 0 fully saturated rings. The number of rotatable bonds is 7. The van der Waals surface area contributed by atoms with Gasteiger partial charge in [0.05, 0.1) is 36.1 Å². The molecule has 2 heterocycles. The summed E-state index contributed by atoms with van der Waals surface area (Å²) in [5.41, 5.74) is 2.19. The third-order valence-electron chi connectivity index (χ3n) is 4.89. The number of hydrogen-bond acceptors (Lipinski definition) is 6. The number of esters is 1. The predicted molar refractivity (Wildman–Crippen MR) is 120 cm³/mol. The Morgan fingerprint density at radius 1 is 1.00 bits per heavy atom. The number of fused-ring (bicyclic) bond motifs is 1. The van der Waals surface area contributed by atoms with Gasteiger partial charge in [-0.25, -0.2) is 14.2 Å². The summed E-state index contributed by atoms with van der Waals surface area (Å²) < 4.78 is 23.6. The SMILES string of the molecule is COC(=O)C(CNC(=O)c1cc(-c2ccccn2)nc2ccccc12)Oc1ccc(F)cc1. The minimum Gasteiger partial charge on any atom is -0.477 e. The second-order valence-electron chi connectivity index (χ2n) is 7.08. The maximum Gasteiger partial charge on any atom is 0.348 e. The first kappa shape index (κ1) is 21.9. The van der Waals surface area contributed by atoms with E-state index < -0.39 is 23.8 Å². The first-order valence-corrected chi connectivity index (χ1v) is 10.1. The lowest BCUT2D eigenvalue weighted by Crippen LogP contribution is -2.41. The van der Waals surface area contributed by atoms with E-state index in [4.69, 9.17) is 9.47 Å². The fourth-order valence-electron chi connectivity index (χ4n) is 3.27. The molecule has 8 heteroatoms. The topological polar surface area (TPSA) is 90.4 Å². The highest BCUT2D eigenvalue weighted by Crippen LogP contribution is 2.23. The third-order valence-corrected chi connectivity index (χ3v) is 4.89. The van der Waals surface area contributed by atoms with E-state index in [2.05, 4.69) is 15.3 Å². The third kappa shape index (κ3) is 5.12. The number of para-hydroxylation sites is 1. The van der Waals surface area contributed by atoms with Crippen LogP contribution in [0.3, 0.4) is 0 Å². The van der Waals surface area contributed by atoms with Crippen molar-refractivity contribution in [2.24, 2.45) is 0 Å². The van der Waals surface area contributed by atoms with Gasteiger partial charge < -0.3 is 14.8 Å². The summed E-state index contributed by atoms with van der Waals surface area (Å²) in [6, 6.07) is 19.6. The molecule has 0 radical (unpaired) electrons. The van der Waals surface area contributed by atoms with Crippen LogP contribution in [0, 0.1) is 5.82 Å². The maximum atomic E-state index is 13.2. The average molecular weight is 445 g/mol. The van der Waals surface area contributed by atoms with Crippen LogP contribution < -0.4 is 10.1 Å². The van der Waals surface area contributed by atoms with Gasteiger partial charge in [-0.05, 0) is 48.5 Å². The number of aromatic nitrogens is 2. The number of nitrogens with one attached hydrogen (secondary N) is 1. The number of amides is 1. The molecule has 7 nitrogen and oxygen atoms in total. The highest BCUT2D eigenvalue weighted by Gasteiger charge is 2.23. The number of halogens is 1.